The summed E-state index contributed by atoms with van der Waals surface area (Å²) in [6.07, 6.45) is 5.04. The first-order valence-electron chi connectivity index (χ1n) is 8.56. The zero-order valence-corrected chi connectivity index (χ0v) is 15.0. The fourth-order valence-corrected chi connectivity index (χ4v) is 5.34. The molecule has 3 heterocycles. The molecule has 6 nitrogen and oxygen atoms in total. The van der Waals surface area contributed by atoms with Crippen LogP contribution < -0.4 is 14.8 Å². The van der Waals surface area contributed by atoms with Crippen LogP contribution in [0.15, 0.2) is 40.2 Å². The van der Waals surface area contributed by atoms with Crippen LogP contribution >= 0.6 is 0 Å². The van der Waals surface area contributed by atoms with Gasteiger partial charge in [0.2, 0.25) is 0 Å². The lowest BCUT2D eigenvalue weighted by molar-refractivity contribution is 0.586. The molecule has 1 aromatic heterocycles. The van der Waals surface area contributed by atoms with Crippen LogP contribution in [0.25, 0.3) is 0 Å². The molecule has 132 valence electrons. The van der Waals surface area contributed by atoms with Crippen molar-refractivity contribution in [1.29, 1.82) is 0 Å². The Morgan fingerprint density at radius 1 is 1.04 bits per heavy atom. The molecule has 0 amide bonds. The fourth-order valence-electron chi connectivity index (χ4n) is 3.78. The molecule has 0 atom stereocenters. The van der Waals surface area contributed by atoms with Gasteiger partial charge in [0.25, 0.3) is 15.6 Å². The number of nitrogens with zero attached hydrogens (tertiary/aromatic N) is 2. The van der Waals surface area contributed by atoms with Crippen LogP contribution in [0, 0.1) is 0 Å². The summed E-state index contributed by atoms with van der Waals surface area (Å²) in [5, 5.41) is 0. The Hall–Kier alpha value is -2.28. The Kier molecular flexibility index (Phi) is 3.83. The monoisotopic (exact) mass is 359 g/mol. The number of anilines is 2. The summed E-state index contributed by atoms with van der Waals surface area (Å²) in [6.45, 7) is 1.25. The molecule has 7 heteroatoms. The van der Waals surface area contributed by atoms with Crippen molar-refractivity contribution < 1.29 is 8.42 Å². The number of benzene rings is 1. The van der Waals surface area contributed by atoms with Gasteiger partial charge < -0.3 is 9.88 Å². The number of sulfonamides is 1. The van der Waals surface area contributed by atoms with Gasteiger partial charge in [-0.25, -0.2) is 8.42 Å². The highest BCUT2D eigenvalue weighted by molar-refractivity contribution is 7.92. The number of nitrogens with one attached hydrogen (secondary N) is 1. The van der Waals surface area contributed by atoms with E-state index >= 15 is 0 Å². The number of aromatic nitrogens is 1. The first kappa shape index (κ1) is 16.2. The average Bonchev–Trinajstić information content (AvgIpc) is 2.61. The summed E-state index contributed by atoms with van der Waals surface area (Å²) in [6, 6.07) is 7.10. The van der Waals surface area contributed by atoms with Gasteiger partial charge in [0.15, 0.2) is 0 Å². The van der Waals surface area contributed by atoms with Gasteiger partial charge in [0.1, 0.15) is 5.69 Å². The second-order valence-electron chi connectivity index (χ2n) is 6.68. The smallest absolute Gasteiger partial charge is 0.272 e. The summed E-state index contributed by atoms with van der Waals surface area (Å²) in [5.74, 6) is 0. The maximum Gasteiger partial charge on any atom is 0.272 e. The third-order valence-electron chi connectivity index (χ3n) is 5.07. The predicted octanol–water partition coefficient (Wildman–Crippen LogP) is 1.90. The van der Waals surface area contributed by atoms with Gasteiger partial charge in [-0.2, -0.15) is 0 Å². The van der Waals surface area contributed by atoms with E-state index < -0.39 is 10.0 Å². The predicted molar refractivity (Wildman–Crippen MR) is 97.9 cm³/mol. The minimum Gasteiger partial charge on any atom is -0.374 e. The van der Waals surface area contributed by atoms with Crippen molar-refractivity contribution in [3.63, 3.8) is 0 Å². The lowest BCUT2D eigenvalue weighted by Gasteiger charge is -2.31. The minimum absolute atomic E-state index is 0.246. The average molecular weight is 359 g/mol. The molecular weight excluding hydrogens is 338 g/mol. The normalized spacial score (nSPS) is 17.2. The van der Waals surface area contributed by atoms with Gasteiger partial charge in [-0.15, -0.1) is 0 Å². The highest BCUT2D eigenvalue weighted by Crippen LogP contribution is 2.33. The molecule has 0 aliphatic carbocycles. The summed E-state index contributed by atoms with van der Waals surface area (Å²) in [7, 11) is -1.79. The van der Waals surface area contributed by atoms with Crippen molar-refractivity contribution in [2.24, 2.45) is 0 Å². The quantitative estimate of drug-likeness (QED) is 0.889. The van der Waals surface area contributed by atoms with Crippen molar-refractivity contribution in [2.75, 3.05) is 29.3 Å². The van der Waals surface area contributed by atoms with Crippen molar-refractivity contribution >= 4 is 21.4 Å². The summed E-state index contributed by atoms with van der Waals surface area (Å²) < 4.78 is 27.8. The topological polar surface area (TPSA) is 73.5 Å². The summed E-state index contributed by atoms with van der Waals surface area (Å²) in [4.78, 5) is 17.2. The number of hydrogen-bond donors (Lipinski definition) is 1. The number of pyridine rings is 1. The fraction of sp³-hybridized carbons (Fsp3) is 0.389. The second kappa shape index (κ2) is 5.91. The first-order valence-corrected chi connectivity index (χ1v) is 10.00. The van der Waals surface area contributed by atoms with Gasteiger partial charge in [0, 0.05) is 32.0 Å². The van der Waals surface area contributed by atoms with Crippen LogP contribution in [0.1, 0.15) is 24.0 Å². The maximum absolute atomic E-state index is 13.2. The molecule has 0 radical (unpaired) electrons. The van der Waals surface area contributed by atoms with Crippen LogP contribution in [0.3, 0.4) is 0 Å². The van der Waals surface area contributed by atoms with E-state index in [4.69, 9.17) is 0 Å². The van der Waals surface area contributed by atoms with Crippen molar-refractivity contribution in [3.05, 3.63) is 51.9 Å². The van der Waals surface area contributed by atoms with E-state index in [1.165, 1.54) is 9.87 Å². The molecular formula is C18H21N3O3S. The third kappa shape index (κ3) is 2.63. The zero-order valence-electron chi connectivity index (χ0n) is 14.2. The molecule has 0 bridgehead atoms. The Morgan fingerprint density at radius 2 is 1.80 bits per heavy atom. The molecule has 2 aromatic rings. The van der Waals surface area contributed by atoms with Gasteiger partial charge in [-0.1, -0.05) is 6.07 Å². The van der Waals surface area contributed by atoms with E-state index in [-0.39, 0.29) is 16.1 Å². The Labute approximate surface area is 147 Å². The van der Waals surface area contributed by atoms with Gasteiger partial charge >= 0.3 is 0 Å². The largest absolute Gasteiger partial charge is 0.374 e. The lowest BCUT2D eigenvalue weighted by Crippen LogP contribution is -2.39. The molecule has 0 saturated heterocycles. The van der Waals surface area contributed by atoms with E-state index in [1.54, 1.807) is 24.4 Å². The SMILES string of the molecule is CN1CCCc2ccc(S(=O)(=O)N3CCCc4cc[nH]c(=O)c43)cc21. The van der Waals surface area contributed by atoms with E-state index in [1.807, 2.05) is 13.1 Å². The molecule has 2 aliphatic rings. The van der Waals surface area contributed by atoms with Crippen molar-refractivity contribution in [2.45, 2.75) is 30.6 Å². The number of aromatic amines is 1. The maximum atomic E-state index is 13.2. The summed E-state index contributed by atoms with van der Waals surface area (Å²) in [5.41, 5.74) is 2.83. The number of hydrogen-bond acceptors (Lipinski definition) is 4. The van der Waals surface area contributed by atoms with E-state index in [2.05, 4.69) is 9.88 Å². The number of fused-ring (bicyclic) bond motifs is 2. The number of aryl methyl sites for hydroxylation is 2. The molecule has 2 aliphatic heterocycles. The third-order valence-corrected chi connectivity index (χ3v) is 6.87. The Morgan fingerprint density at radius 3 is 2.64 bits per heavy atom. The highest BCUT2D eigenvalue weighted by Gasteiger charge is 2.32. The number of H-pyrrole nitrogens is 1. The van der Waals surface area contributed by atoms with Crippen LogP contribution in [0.5, 0.6) is 0 Å². The summed E-state index contributed by atoms with van der Waals surface area (Å²) >= 11 is 0. The van der Waals surface area contributed by atoms with Crippen LogP contribution in [-0.2, 0) is 22.9 Å². The van der Waals surface area contributed by atoms with E-state index in [9.17, 15) is 13.2 Å². The molecule has 0 unspecified atom stereocenters. The molecule has 0 fully saturated rings. The molecule has 0 saturated carbocycles. The van der Waals surface area contributed by atoms with Crippen LogP contribution in [-0.4, -0.2) is 33.5 Å². The minimum atomic E-state index is -3.77. The van der Waals surface area contributed by atoms with Gasteiger partial charge in [0.05, 0.1) is 4.90 Å². The molecule has 0 spiro atoms. The highest BCUT2D eigenvalue weighted by atomic mass is 32.2. The first-order chi connectivity index (χ1) is 12.0. The number of rotatable bonds is 2. The van der Waals surface area contributed by atoms with Crippen molar-refractivity contribution in [1.82, 2.24) is 4.98 Å². The zero-order chi connectivity index (χ0) is 17.6. The van der Waals surface area contributed by atoms with Crippen molar-refractivity contribution in [3.8, 4) is 0 Å². The van der Waals surface area contributed by atoms with Gasteiger partial charge in [-0.05, 0) is 55.0 Å². The van der Waals surface area contributed by atoms with Crippen LogP contribution in [0.2, 0.25) is 0 Å². The lowest BCUT2D eigenvalue weighted by atomic mass is 10.0. The molecule has 25 heavy (non-hydrogen) atoms. The van der Waals surface area contributed by atoms with Crippen LogP contribution in [0.4, 0.5) is 11.4 Å². The molecule has 4 rings (SSSR count). The van der Waals surface area contributed by atoms with E-state index in [0.717, 1.165) is 37.1 Å². The Balaban J connectivity index is 1.82. The molecule has 1 aromatic carbocycles. The second-order valence-corrected chi connectivity index (χ2v) is 8.54. The standard InChI is InChI=1S/C18H21N3O3S/c1-20-10-2-4-13-6-7-15(12-16(13)20)25(23,24)21-11-3-5-14-8-9-19-18(22)17(14)21/h6-9,12H,2-5,10-11H2,1H3,(H,19,22). The Bertz CT molecular complexity index is 981. The van der Waals surface area contributed by atoms with E-state index in [0.29, 0.717) is 13.0 Å². The molecule has 1 N–H and O–H groups in total. The van der Waals surface area contributed by atoms with Gasteiger partial charge in [-0.3, -0.25) is 9.10 Å².